The maximum atomic E-state index is 5.54. The zero-order valence-electron chi connectivity index (χ0n) is 7.99. The van der Waals surface area contributed by atoms with Crippen molar-refractivity contribution in [3.8, 4) is 5.82 Å². The molecule has 2 heterocycles. The lowest BCUT2D eigenvalue weighted by atomic mass is 10.4. The molecule has 0 fully saturated rings. The number of rotatable bonds is 2. The van der Waals surface area contributed by atoms with Crippen LogP contribution in [0.25, 0.3) is 5.82 Å². The molecule has 0 aromatic carbocycles. The van der Waals surface area contributed by atoms with Crippen molar-refractivity contribution in [2.75, 3.05) is 5.73 Å². The first-order valence-corrected chi connectivity index (χ1v) is 4.28. The molecule has 0 amide bonds. The van der Waals surface area contributed by atoms with E-state index < -0.39 is 0 Å². The van der Waals surface area contributed by atoms with Gasteiger partial charge in [0.25, 0.3) is 0 Å². The smallest absolute Gasteiger partial charge is 0.246 e. The maximum absolute atomic E-state index is 5.54. The van der Waals surface area contributed by atoms with Crippen molar-refractivity contribution in [3.63, 3.8) is 0 Å². The lowest BCUT2D eigenvalue weighted by molar-refractivity contribution is 0.527. The van der Waals surface area contributed by atoms with Gasteiger partial charge >= 0.3 is 0 Å². The quantitative estimate of drug-likeness (QED) is 0.726. The number of nitrogens with two attached hydrogens (primary N) is 1. The predicted octanol–water partition coefficient (Wildman–Crippen LogP) is 0.0219. The van der Waals surface area contributed by atoms with Gasteiger partial charge in [-0.2, -0.15) is 9.78 Å². The fraction of sp³-hybridized carbons (Fsp3) is 0.429. The molecule has 0 unspecified atom stereocenters. The van der Waals surface area contributed by atoms with Gasteiger partial charge in [-0.1, -0.05) is 5.10 Å². The van der Waals surface area contributed by atoms with E-state index in [0.29, 0.717) is 11.9 Å². The van der Waals surface area contributed by atoms with Crippen molar-refractivity contribution in [2.24, 2.45) is 0 Å². The van der Waals surface area contributed by atoms with E-state index in [1.807, 2.05) is 30.8 Å². The molecular formula is C7H11N7. The highest BCUT2D eigenvalue weighted by Crippen LogP contribution is 2.08. The van der Waals surface area contributed by atoms with Crippen molar-refractivity contribution < 1.29 is 0 Å². The first-order valence-electron chi connectivity index (χ1n) is 4.28. The van der Waals surface area contributed by atoms with Gasteiger partial charge in [0.05, 0.1) is 0 Å². The number of hydrogen-bond acceptors (Lipinski definition) is 5. The molecule has 0 spiro atoms. The monoisotopic (exact) mass is 193 g/mol. The summed E-state index contributed by atoms with van der Waals surface area (Å²) in [4.78, 5) is 0. The van der Waals surface area contributed by atoms with Crippen molar-refractivity contribution in [1.82, 2.24) is 30.0 Å². The first kappa shape index (κ1) is 8.67. The van der Waals surface area contributed by atoms with E-state index in [9.17, 15) is 0 Å². The molecule has 7 nitrogen and oxygen atoms in total. The van der Waals surface area contributed by atoms with Gasteiger partial charge in [0.15, 0.2) is 5.82 Å². The van der Waals surface area contributed by atoms with Crippen LogP contribution in [0.3, 0.4) is 0 Å². The van der Waals surface area contributed by atoms with Gasteiger partial charge in [0.1, 0.15) is 0 Å². The molecule has 0 atom stereocenters. The van der Waals surface area contributed by atoms with Gasteiger partial charge in [-0.25, -0.2) is 0 Å². The van der Waals surface area contributed by atoms with Crippen LogP contribution in [0.1, 0.15) is 19.9 Å². The molecule has 0 aliphatic rings. The van der Waals surface area contributed by atoms with Crippen molar-refractivity contribution in [1.29, 1.82) is 0 Å². The van der Waals surface area contributed by atoms with E-state index in [1.54, 1.807) is 0 Å². The number of nitrogen functional groups attached to an aromatic ring is 1. The summed E-state index contributed by atoms with van der Waals surface area (Å²) in [6.07, 6.45) is 1.86. The third-order valence-corrected chi connectivity index (χ3v) is 1.83. The van der Waals surface area contributed by atoms with Crippen LogP contribution in [0, 0.1) is 0 Å². The van der Waals surface area contributed by atoms with Gasteiger partial charge in [0.2, 0.25) is 5.95 Å². The highest BCUT2D eigenvalue weighted by molar-refractivity contribution is 5.27. The minimum Gasteiger partial charge on any atom is -0.366 e. The van der Waals surface area contributed by atoms with Crippen LogP contribution >= 0.6 is 0 Å². The molecule has 0 saturated heterocycles. The largest absolute Gasteiger partial charge is 0.366 e. The summed E-state index contributed by atoms with van der Waals surface area (Å²) in [5.74, 6) is 0.861. The zero-order valence-corrected chi connectivity index (χ0v) is 7.99. The molecule has 0 radical (unpaired) electrons. The average Bonchev–Trinajstić information content (AvgIpc) is 2.71. The van der Waals surface area contributed by atoms with E-state index in [0.717, 1.165) is 0 Å². The van der Waals surface area contributed by atoms with E-state index in [4.69, 9.17) is 5.73 Å². The minimum atomic E-state index is 0.235. The molecule has 2 aromatic rings. The van der Waals surface area contributed by atoms with E-state index >= 15 is 0 Å². The maximum Gasteiger partial charge on any atom is 0.246 e. The Hall–Kier alpha value is -1.92. The summed E-state index contributed by atoms with van der Waals surface area (Å²) in [5.41, 5.74) is 5.54. The Balaban J connectivity index is 2.39. The second-order valence-electron chi connectivity index (χ2n) is 3.20. The number of nitrogens with zero attached hydrogens (tertiary/aromatic N) is 6. The van der Waals surface area contributed by atoms with E-state index in [2.05, 4.69) is 20.6 Å². The Labute approximate surface area is 80.5 Å². The molecule has 0 aliphatic carbocycles. The van der Waals surface area contributed by atoms with Crippen LogP contribution in [-0.2, 0) is 0 Å². The second kappa shape index (κ2) is 3.09. The topological polar surface area (TPSA) is 87.4 Å². The molecule has 2 aromatic heterocycles. The van der Waals surface area contributed by atoms with Crippen molar-refractivity contribution in [2.45, 2.75) is 19.9 Å². The van der Waals surface area contributed by atoms with Crippen LogP contribution in [-0.4, -0.2) is 30.0 Å². The van der Waals surface area contributed by atoms with Crippen LogP contribution in [0.4, 0.5) is 5.95 Å². The minimum absolute atomic E-state index is 0.235. The fourth-order valence-corrected chi connectivity index (χ4v) is 1.09. The molecule has 2 rings (SSSR count). The lowest BCUT2D eigenvalue weighted by Gasteiger charge is -2.03. The summed E-state index contributed by atoms with van der Waals surface area (Å²) in [6.45, 7) is 4.08. The molecule has 74 valence electrons. The highest BCUT2D eigenvalue weighted by atomic mass is 15.6. The van der Waals surface area contributed by atoms with Gasteiger partial charge < -0.3 is 5.73 Å². The highest BCUT2D eigenvalue weighted by Gasteiger charge is 2.08. The van der Waals surface area contributed by atoms with Crippen LogP contribution in [0.15, 0.2) is 12.3 Å². The summed E-state index contributed by atoms with van der Waals surface area (Å²) >= 11 is 0. The molecule has 0 aliphatic heterocycles. The Morgan fingerprint density at radius 1 is 1.43 bits per heavy atom. The number of anilines is 1. The third kappa shape index (κ3) is 1.32. The van der Waals surface area contributed by atoms with Gasteiger partial charge in [-0.3, -0.25) is 4.68 Å². The standard InChI is InChI=1S/C7H11N7/c1-5(2)13-4-3-6(10-13)14-7(8)9-11-12-14/h3-5H,1-2H3,(H2,8,9,12). The van der Waals surface area contributed by atoms with E-state index in [-0.39, 0.29) is 5.95 Å². The average molecular weight is 193 g/mol. The Bertz CT molecular complexity index is 427. The van der Waals surface area contributed by atoms with Crippen LogP contribution in [0.2, 0.25) is 0 Å². The number of tetrazole rings is 1. The summed E-state index contributed by atoms with van der Waals surface area (Å²) in [7, 11) is 0. The summed E-state index contributed by atoms with van der Waals surface area (Å²) < 4.78 is 3.20. The van der Waals surface area contributed by atoms with Crippen LogP contribution < -0.4 is 5.73 Å². The van der Waals surface area contributed by atoms with Crippen molar-refractivity contribution in [3.05, 3.63) is 12.3 Å². The van der Waals surface area contributed by atoms with Gasteiger partial charge in [-0.15, -0.1) is 0 Å². The number of aromatic nitrogens is 6. The normalized spacial score (nSPS) is 11.1. The zero-order chi connectivity index (χ0) is 10.1. The SMILES string of the molecule is CC(C)n1ccc(-n2nnnc2N)n1. The Morgan fingerprint density at radius 2 is 2.21 bits per heavy atom. The van der Waals surface area contributed by atoms with Gasteiger partial charge in [-0.05, 0) is 24.3 Å². The number of hydrogen-bond donors (Lipinski definition) is 1. The third-order valence-electron chi connectivity index (χ3n) is 1.83. The predicted molar refractivity (Wildman–Crippen MR) is 49.7 cm³/mol. The molecule has 2 N–H and O–H groups in total. The molecular weight excluding hydrogens is 182 g/mol. The molecule has 0 saturated carbocycles. The lowest BCUT2D eigenvalue weighted by Crippen LogP contribution is -2.06. The Morgan fingerprint density at radius 3 is 2.71 bits per heavy atom. The Kier molecular flexibility index (Phi) is 1.91. The summed E-state index contributed by atoms with van der Waals surface area (Å²) in [5, 5.41) is 15.0. The van der Waals surface area contributed by atoms with Crippen molar-refractivity contribution >= 4 is 5.95 Å². The van der Waals surface area contributed by atoms with Gasteiger partial charge in [0, 0.05) is 18.3 Å². The fourth-order valence-electron chi connectivity index (χ4n) is 1.09. The van der Waals surface area contributed by atoms with E-state index in [1.165, 1.54) is 4.68 Å². The molecule has 7 heteroatoms. The first-order chi connectivity index (χ1) is 6.68. The molecule has 14 heavy (non-hydrogen) atoms. The molecule has 0 bridgehead atoms. The second-order valence-corrected chi connectivity index (χ2v) is 3.20. The van der Waals surface area contributed by atoms with Crippen LogP contribution in [0.5, 0.6) is 0 Å². The summed E-state index contributed by atoms with van der Waals surface area (Å²) in [6, 6.07) is 2.12.